The predicted molar refractivity (Wildman–Crippen MR) is 90.2 cm³/mol. The van der Waals surface area contributed by atoms with Gasteiger partial charge >= 0.3 is 0 Å². The Kier molecular flexibility index (Phi) is 5.21. The normalized spacial score (nSPS) is 10.4. The molecule has 2 rings (SSSR count). The van der Waals surface area contributed by atoms with Crippen molar-refractivity contribution in [1.29, 1.82) is 0 Å². The topological polar surface area (TPSA) is 20.3 Å². The molecule has 1 heterocycles. The molecule has 0 spiro atoms. The summed E-state index contributed by atoms with van der Waals surface area (Å²) in [6.07, 6.45) is 1.74. The zero-order valence-corrected chi connectivity index (χ0v) is 13.8. The monoisotopic (exact) mass is 319 g/mol. The van der Waals surface area contributed by atoms with Gasteiger partial charge in [-0.15, -0.1) is 17.9 Å². The minimum atomic E-state index is 0.0162. The van der Waals surface area contributed by atoms with Crippen LogP contribution in [0.15, 0.2) is 43.0 Å². The molecule has 2 aromatic rings. The number of nitrogens with zero attached hydrogens (tertiary/aromatic N) is 1. The number of benzene rings is 1. The summed E-state index contributed by atoms with van der Waals surface area (Å²) in [7, 11) is 0. The molecule has 0 radical (unpaired) electrons. The van der Waals surface area contributed by atoms with Crippen LogP contribution in [0.2, 0.25) is 4.34 Å². The van der Waals surface area contributed by atoms with Crippen LogP contribution in [-0.2, 0) is 6.54 Å². The summed E-state index contributed by atoms with van der Waals surface area (Å²) < 4.78 is 0.738. The van der Waals surface area contributed by atoms with Gasteiger partial charge in [-0.05, 0) is 49.2 Å². The summed E-state index contributed by atoms with van der Waals surface area (Å²) in [6, 6.07) is 9.61. The highest BCUT2D eigenvalue weighted by Gasteiger charge is 2.16. The van der Waals surface area contributed by atoms with Gasteiger partial charge in [-0.1, -0.05) is 23.7 Å². The highest BCUT2D eigenvalue weighted by Crippen LogP contribution is 2.23. The minimum Gasteiger partial charge on any atom is -0.330 e. The van der Waals surface area contributed by atoms with Crippen LogP contribution in [-0.4, -0.2) is 17.4 Å². The van der Waals surface area contributed by atoms with Crippen molar-refractivity contribution < 1.29 is 4.79 Å². The number of carbonyl (C=O) groups is 1. The molecule has 1 aromatic carbocycles. The molecular weight excluding hydrogens is 302 g/mol. The molecule has 0 aliphatic heterocycles. The van der Waals surface area contributed by atoms with Crippen molar-refractivity contribution in [3.63, 3.8) is 0 Å². The summed E-state index contributed by atoms with van der Waals surface area (Å²) >= 11 is 7.45. The molecule has 1 amide bonds. The molecule has 0 saturated carbocycles. The zero-order chi connectivity index (χ0) is 15.4. The van der Waals surface area contributed by atoms with Crippen LogP contribution in [0.1, 0.15) is 26.4 Å². The molecular formula is C17H18ClNOS. The lowest BCUT2D eigenvalue weighted by Gasteiger charge is -2.21. The second kappa shape index (κ2) is 6.92. The highest BCUT2D eigenvalue weighted by molar-refractivity contribution is 7.16. The van der Waals surface area contributed by atoms with Crippen molar-refractivity contribution in [1.82, 2.24) is 4.90 Å². The van der Waals surface area contributed by atoms with Crippen LogP contribution in [0.25, 0.3) is 0 Å². The van der Waals surface area contributed by atoms with Gasteiger partial charge in [0.15, 0.2) is 0 Å². The number of thiophene rings is 1. The fourth-order valence-corrected chi connectivity index (χ4v) is 3.16. The number of carbonyl (C=O) groups excluding carboxylic acids is 1. The third-order valence-corrected chi connectivity index (χ3v) is 4.58. The van der Waals surface area contributed by atoms with Crippen molar-refractivity contribution in [2.45, 2.75) is 20.4 Å². The Bertz CT molecular complexity index is 663. The van der Waals surface area contributed by atoms with E-state index in [4.69, 9.17) is 11.6 Å². The molecule has 0 aliphatic rings. The Morgan fingerprint density at radius 2 is 2.05 bits per heavy atom. The van der Waals surface area contributed by atoms with E-state index in [1.165, 1.54) is 16.9 Å². The summed E-state index contributed by atoms with van der Waals surface area (Å²) in [5.41, 5.74) is 3.02. The number of hydrogen-bond donors (Lipinski definition) is 0. The average Bonchev–Trinajstić information content (AvgIpc) is 2.86. The molecule has 0 atom stereocenters. The van der Waals surface area contributed by atoms with Crippen LogP contribution in [0.4, 0.5) is 0 Å². The third-order valence-electron chi connectivity index (χ3n) is 3.37. The Hall–Kier alpha value is -1.58. The summed E-state index contributed by atoms with van der Waals surface area (Å²) in [6.45, 7) is 8.86. The van der Waals surface area contributed by atoms with Gasteiger partial charge in [0.1, 0.15) is 0 Å². The number of amides is 1. The summed E-state index contributed by atoms with van der Waals surface area (Å²) in [5.74, 6) is 0.0162. The largest absolute Gasteiger partial charge is 0.330 e. The SMILES string of the molecule is C=CCN(Cc1ccc(Cl)s1)C(=O)c1ccc(C)c(C)c1. The summed E-state index contributed by atoms with van der Waals surface area (Å²) in [5, 5.41) is 0. The molecule has 2 nitrogen and oxygen atoms in total. The van der Waals surface area contributed by atoms with E-state index in [1.807, 2.05) is 44.2 Å². The number of hydrogen-bond acceptors (Lipinski definition) is 2. The van der Waals surface area contributed by atoms with Crippen molar-refractivity contribution in [2.75, 3.05) is 6.54 Å². The lowest BCUT2D eigenvalue weighted by molar-refractivity contribution is 0.0764. The number of halogens is 1. The van der Waals surface area contributed by atoms with Crippen molar-refractivity contribution in [3.8, 4) is 0 Å². The highest BCUT2D eigenvalue weighted by atomic mass is 35.5. The van der Waals surface area contributed by atoms with Gasteiger partial charge in [0.25, 0.3) is 5.91 Å². The van der Waals surface area contributed by atoms with Crippen molar-refractivity contribution >= 4 is 28.8 Å². The van der Waals surface area contributed by atoms with E-state index in [-0.39, 0.29) is 5.91 Å². The van der Waals surface area contributed by atoms with Gasteiger partial charge in [-0.3, -0.25) is 4.79 Å². The van der Waals surface area contributed by atoms with E-state index in [1.54, 1.807) is 11.0 Å². The van der Waals surface area contributed by atoms with Gasteiger partial charge in [0, 0.05) is 17.0 Å². The van der Waals surface area contributed by atoms with Crippen LogP contribution in [0, 0.1) is 13.8 Å². The lowest BCUT2D eigenvalue weighted by atomic mass is 10.1. The first-order chi connectivity index (χ1) is 10.0. The van der Waals surface area contributed by atoms with E-state index in [2.05, 4.69) is 6.58 Å². The van der Waals surface area contributed by atoms with Gasteiger partial charge in [0.2, 0.25) is 0 Å². The lowest BCUT2D eigenvalue weighted by Crippen LogP contribution is -2.30. The molecule has 4 heteroatoms. The average molecular weight is 320 g/mol. The van der Waals surface area contributed by atoms with Crippen molar-refractivity contribution in [2.24, 2.45) is 0 Å². The molecule has 0 aliphatic carbocycles. The molecule has 110 valence electrons. The number of rotatable bonds is 5. The first-order valence-corrected chi connectivity index (χ1v) is 7.92. The van der Waals surface area contributed by atoms with Gasteiger partial charge in [-0.2, -0.15) is 0 Å². The first kappa shape index (κ1) is 15.8. The maximum absolute atomic E-state index is 12.7. The maximum atomic E-state index is 12.7. The smallest absolute Gasteiger partial charge is 0.254 e. The molecule has 1 aromatic heterocycles. The molecule has 0 unspecified atom stereocenters. The van der Waals surface area contributed by atoms with E-state index in [0.717, 1.165) is 14.8 Å². The molecule has 0 N–H and O–H groups in total. The standard InChI is InChI=1S/C17H18ClNOS/c1-4-9-19(11-15-7-8-16(18)21-15)17(20)14-6-5-12(2)13(3)10-14/h4-8,10H,1,9,11H2,2-3H3. The first-order valence-electron chi connectivity index (χ1n) is 6.73. The van der Waals surface area contributed by atoms with Gasteiger partial charge in [0.05, 0.1) is 10.9 Å². The fraction of sp³-hybridized carbons (Fsp3) is 0.235. The molecule has 0 saturated heterocycles. The Morgan fingerprint density at radius 1 is 1.29 bits per heavy atom. The molecule has 0 fully saturated rings. The Morgan fingerprint density at radius 3 is 2.62 bits per heavy atom. The second-order valence-electron chi connectivity index (χ2n) is 4.98. The maximum Gasteiger partial charge on any atom is 0.254 e. The molecule has 21 heavy (non-hydrogen) atoms. The Balaban J connectivity index is 2.22. The van der Waals surface area contributed by atoms with Crippen molar-refractivity contribution in [3.05, 3.63) is 68.9 Å². The van der Waals surface area contributed by atoms with E-state index < -0.39 is 0 Å². The van der Waals surface area contributed by atoms with Gasteiger partial charge < -0.3 is 4.90 Å². The van der Waals surface area contributed by atoms with E-state index in [0.29, 0.717) is 18.7 Å². The predicted octanol–water partition coefficient (Wildman–Crippen LogP) is 4.85. The summed E-state index contributed by atoms with van der Waals surface area (Å²) in [4.78, 5) is 15.5. The zero-order valence-electron chi connectivity index (χ0n) is 12.2. The van der Waals surface area contributed by atoms with Gasteiger partial charge in [-0.25, -0.2) is 0 Å². The third kappa shape index (κ3) is 3.96. The van der Waals surface area contributed by atoms with Crippen LogP contribution in [0.3, 0.4) is 0 Å². The van der Waals surface area contributed by atoms with Crippen LogP contribution < -0.4 is 0 Å². The quantitative estimate of drug-likeness (QED) is 0.722. The fourth-order valence-electron chi connectivity index (χ4n) is 2.06. The van der Waals surface area contributed by atoms with Crippen LogP contribution in [0.5, 0.6) is 0 Å². The van der Waals surface area contributed by atoms with E-state index in [9.17, 15) is 4.79 Å². The second-order valence-corrected chi connectivity index (χ2v) is 6.78. The molecule has 0 bridgehead atoms. The minimum absolute atomic E-state index is 0.0162. The Labute approximate surface area is 134 Å². The van der Waals surface area contributed by atoms with E-state index >= 15 is 0 Å². The van der Waals surface area contributed by atoms with Crippen LogP contribution >= 0.6 is 22.9 Å². The number of aryl methyl sites for hydroxylation is 2.